The fourth-order valence-corrected chi connectivity index (χ4v) is 2.81. The van der Waals surface area contributed by atoms with E-state index in [1.165, 1.54) is 11.1 Å². The van der Waals surface area contributed by atoms with E-state index in [4.69, 9.17) is 0 Å². The van der Waals surface area contributed by atoms with Crippen LogP contribution in [-0.4, -0.2) is 9.97 Å². The molecule has 2 nitrogen and oxygen atoms in total. The molecule has 4 rings (SSSR count). The van der Waals surface area contributed by atoms with Gasteiger partial charge in [0.25, 0.3) is 0 Å². The van der Waals surface area contributed by atoms with Crippen molar-refractivity contribution in [1.82, 2.24) is 9.97 Å². The van der Waals surface area contributed by atoms with Gasteiger partial charge in [0.05, 0.1) is 0 Å². The number of nitrogens with zero attached hydrogens (tertiary/aromatic N) is 2. The Kier molecular flexibility index (Phi) is 11.7. The van der Waals surface area contributed by atoms with Crippen molar-refractivity contribution in [3.05, 3.63) is 131 Å². The van der Waals surface area contributed by atoms with Gasteiger partial charge in [0.15, 0.2) is 0 Å². The molecule has 0 saturated heterocycles. The molecule has 0 atom stereocenters. The van der Waals surface area contributed by atoms with E-state index >= 15 is 0 Å². The Bertz CT molecular complexity index is 1320. The molecule has 4 aromatic rings. The SMILES string of the molecule is C(#Cc1cccnc1)c1ccc(Cc2ccc(C#Cc3cccnc3)cc2)cc1.F[P-](F)(F)(F)(F)F.[Pt+2].[Pt+2]. The quantitative estimate of drug-likeness (QED) is 0.115. The number of hydrogen-bond acceptors (Lipinski definition) is 2. The average Bonchev–Trinajstić information content (AvgIpc) is 2.83. The van der Waals surface area contributed by atoms with Crippen molar-refractivity contribution in [2.75, 3.05) is 0 Å². The third-order valence-electron chi connectivity index (χ3n) is 4.34. The predicted octanol–water partition coefficient (Wildman–Crippen LogP) is 8.24. The summed E-state index contributed by atoms with van der Waals surface area (Å²) < 4.78 is 59.2. The second-order valence-electron chi connectivity index (χ2n) is 7.51. The number of hydrogen-bond donors (Lipinski definition) is 0. The molecular weight excluding hydrogens is 887 g/mol. The summed E-state index contributed by atoms with van der Waals surface area (Å²) in [5.41, 5.74) is 6.35. The fourth-order valence-electron chi connectivity index (χ4n) is 2.81. The van der Waals surface area contributed by atoms with Crippen molar-refractivity contribution in [1.29, 1.82) is 0 Å². The van der Waals surface area contributed by atoms with E-state index in [2.05, 4.69) is 82.2 Å². The summed E-state index contributed by atoms with van der Waals surface area (Å²) in [6.07, 6.45) is 7.92. The van der Waals surface area contributed by atoms with Gasteiger partial charge in [-0.3, -0.25) is 9.97 Å². The number of halogens is 6. The Labute approximate surface area is 245 Å². The van der Waals surface area contributed by atoms with Crippen LogP contribution in [0.4, 0.5) is 25.2 Å². The Balaban J connectivity index is 0.000000712. The van der Waals surface area contributed by atoms with Gasteiger partial charge in [-0.1, -0.05) is 47.9 Å². The van der Waals surface area contributed by atoms with Crippen molar-refractivity contribution < 1.29 is 67.3 Å². The van der Waals surface area contributed by atoms with Gasteiger partial charge in [0.1, 0.15) is 0 Å². The molecule has 0 bridgehead atoms. The summed E-state index contributed by atoms with van der Waals surface area (Å²) in [6.45, 7) is 0. The van der Waals surface area contributed by atoms with Crippen molar-refractivity contribution in [2.24, 2.45) is 0 Å². The molecule has 2 heterocycles. The van der Waals surface area contributed by atoms with Gasteiger partial charge < -0.3 is 0 Å². The molecule has 0 N–H and O–H groups in total. The summed E-state index contributed by atoms with van der Waals surface area (Å²) in [5, 5.41) is 0. The van der Waals surface area contributed by atoms with E-state index in [0.29, 0.717) is 0 Å². The maximum Gasteiger partial charge on any atom is 2.00 e. The van der Waals surface area contributed by atoms with Crippen LogP contribution in [0.3, 0.4) is 0 Å². The molecule has 0 unspecified atom stereocenters. The molecule has 0 aliphatic carbocycles. The minimum atomic E-state index is -10.7. The second-order valence-corrected chi connectivity index (χ2v) is 9.43. The first-order valence-corrected chi connectivity index (χ1v) is 12.4. The molecule has 0 fully saturated rings. The number of pyridine rings is 2. The average molecular weight is 906 g/mol. The van der Waals surface area contributed by atoms with Crippen molar-refractivity contribution in [3.63, 3.8) is 0 Å². The number of rotatable bonds is 2. The Morgan fingerprint density at radius 1 is 0.500 bits per heavy atom. The molecule has 0 radical (unpaired) electrons. The molecule has 38 heavy (non-hydrogen) atoms. The molecule has 200 valence electrons. The van der Waals surface area contributed by atoms with Crippen LogP contribution in [0.5, 0.6) is 0 Å². The molecule has 2 aromatic heterocycles. The molecular formula is C27H18F6N2PPt2+3. The summed E-state index contributed by atoms with van der Waals surface area (Å²) in [7, 11) is -10.7. The molecule has 0 amide bonds. The van der Waals surface area contributed by atoms with E-state index in [1.807, 2.05) is 24.3 Å². The monoisotopic (exact) mass is 905 g/mol. The fraction of sp³-hybridized carbons (Fsp3) is 0.0370. The van der Waals surface area contributed by atoms with Gasteiger partial charge in [0.2, 0.25) is 0 Å². The van der Waals surface area contributed by atoms with Gasteiger partial charge in [-0.2, -0.15) is 0 Å². The van der Waals surface area contributed by atoms with Crippen LogP contribution in [0.1, 0.15) is 33.4 Å². The van der Waals surface area contributed by atoms with E-state index in [-0.39, 0.29) is 42.1 Å². The van der Waals surface area contributed by atoms with Crippen LogP contribution in [0.2, 0.25) is 0 Å². The summed E-state index contributed by atoms with van der Waals surface area (Å²) in [5.74, 6) is 12.6. The van der Waals surface area contributed by atoms with E-state index < -0.39 is 7.81 Å². The maximum absolute atomic E-state index is 10.7. The predicted molar refractivity (Wildman–Crippen MR) is 130 cm³/mol. The van der Waals surface area contributed by atoms with Gasteiger partial charge in [-0.05, 0) is 66.1 Å². The molecule has 11 heteroatoms. The van der Waals surface area contributed by atoms with Crippen LogP contribution >= 0.6 is 7.81 Å². The Morgan fingerprint density at radius 2 is 0.816 bits per heavy atom. The first kappa shape index (κ1) is 33.3. The first-order valence-electron chi connectivity index (χ1n) is 10.4. The minimum absolute atomic E-state index is 0. The Hall–Kier alpha value is -2.75. The molecule has 0 spiro atoms. The smallest absolute Gasteiger partial charge is 2.00 e. The summed E-state index contributed by atoms with van der Waals surface area (Å²) in [4.78, 5) is 8.15. The molecule has 0 aliphatic heterocycles. The third kappa shape index (κ3) is 15.5. The normalized spacial score (nSPS) is 11.6. The zero-order valence-corrected chi connectivity index (χ0v) is 24.6. The van der Waals surface area contributed by atoms with Crippen molar-refractivity contribution >= 4 is 7.81 Å². The van der Waals surface area contributed by atoms with Crippen molar-refractivity contribution in [3.8, 4) is 23.7 Å². The largest absolute Gasteiger partial charge is 2.00 e. The van der Waals surface area contributed by atoms with Gasteiger partial charge in [-0.25, -0.2) is 0 Å². The summed E-state index contributed by atoms with van der Waals surface area (Å²) >= 11 is 0. The van der Waals surface area contributed by atoms with Crippen LogP contribution in [0.25, 0.3) is 0 Å². The summed E-state index contributed by atoms with van der Waals surface area (Å²) in [6, 6.07) is 24.5. The number of benzene rings is 2. The van der Waals surface area contributed by atoms with E-state index in [1.54, 1.807) is 24.8 Å². The molecule has 2 aromatic carbocycles. The van der Waals surface area contributed by atoms with Crippen molar-refractivity contribution in [2.45, 2.75) is 6.42 Å². The van der Waals surface area contributed by atoms with Gasteiger partial charge >= 0.3 is 75.1 Å². The molecule has 0 aliphatic rings. The second kappa shape index (κ2) is 13.4. The third-order valence-corrected chi connectivity index (χ3v) is 4.34. The minimum Gasteiger partial charge on any atom is 2.00 e. The maximum atomic E-state index is 9.87. The van der Waals surface area contributed by atoms with Crippen LogP contribution in [-0.2, 0) is 48.6 Å². The van der Waals surface area contributed by atoms with Crippen LogP contribution in [0, 0.1) is 23.7 Å². The standard InChI is InChI=1S/C27H18N2.F6P.2Pt/c1-3-26(20-28-17-1)15-9-22-5-11-24(12-6-22)19-25-13-7-23(8-14-25)10-16-27-4-2-18-29-21-27;1-7(2,3,4,5)6;;/h1-8,11-14,17-18,20-21H,19H2;;;/q;-1;2*+2. The topological polar surface area (TPSA) is 25.8 Å². The van der Waals surface area contributed by atoms with E-state index in [9.17, 15) is 25.2 Å². The zero-order chi connectivity index (χ0) is 26.1. The molecule has 0 saturated carbocycles. The van der Waals surface area contributed by atoms with Crippen LogP contribution in [0.15, 0.2) is 97.6 Å². The first-order chi connectivity index (χ1) is 16.8. The van der Waals surface area contributed by atoms with Gasteiger partial charge in [-0.15, -0.1) is 0 Å². The van der Waals surface area contributed by atoms with Gasteiger partial charge in [0, 0.05) is 47.0 Å². The Morgan fingerprint density at radius 3 is 1.11 bits per heavy atom. The zero-order valence-electron chi connectivity index (χ0n) is 19.2. The number of aromatic nitrogens is 2. The van der Waals surface area contributed by atoms with E-state index in [0.717, 1.165) is 28.7 Å². The van der Waals surface area contributed by atoms with Crippen LogP contribution < -0.4 is 0 Å².